The largest absolute Gasteiger partial charge is 0.395 e. The van der Waals surface area contributed by atoms with Crippen LogP contribution < -0.4 is 0 Å². The molecule has 0 aliphatic rings. The average Bonchev–Trinajstić information content (AvgIpc) is 2.32. The van der Waals surface area contributed by atoms with E-state index in [9.17, 15) is 0 Å². The summed E-state index contributed by atoms with van der Waals surface area (Å²) in [6.07, 6.45) is 2.10. The molecule has 0 saturated heterocycles. The molecule has 0 aliphatic carbocycles. The number of ether oxygens (including phenoxy) is 1. The van der Waals surface area contributed by atoms with Gasteiger partial charge in [-0.2, -0.15) is 0 Å². The lowest BCUT2D eigenvalue weighted by atomic mass is 10.4. The third kappa shape index (κ3) is 18.4. The van der Waals surface area contributed by atoms with E-state index < -0.39 is 0 Å². The van der Waals surface area contributed by atoms with Crippen LogP contribution in [0, 0.1) is 0 Å². The predicted octanol–water partition coefficient (Wildman–Crippen LogP) is 0.0883. The van der Waals surface area contributed by atoms with Gasteiger partial charge in [0.05, 0.1) is 26.4 Å². The van der Waals surface area contributed by atoms with E-state index in [1.165, 1.54) is 0 Å². The summed E-state index contributed by atoms with van der Waals surface area (Å²) in [6, 6.07) is 0. The number of hydrogen-bond acceptors (Lipinski definition) is 5. The molecule has 0 heterocycles. The lowest BCUT2D eigenvalue weighted by molar-refractivity contribution is 0.0928. The van der Waals surface area contributed by atoms with E-state index in [0.29, 0.717) is 19.7 Å². The van der Waals surface area contributed by atoms with Crippen LogP contribution in [0.25, 0.3) is 0 Å². The quantitative estimate of drug-likeness (QED) is 0.480. The molecule has 0 aliphatic heterocycles. The van der Waals surface area contributed by atoms with Crippen LogP contribution in [0.2, 0.25) is 0 Å². The van der Waals surface area contributed by atoms with Gasteiger partial charge in [0.25, 0.3) is 0 Å². The smallest absolute Gasteiger partial charge is 0.0697 e. The van der Waals surface area contributed by atoms with Crippen LogP contribution in [-0.2, 0) is 4.74 Å². The zero-order valence-electron chi connectivity index (χ0n) is 11.3. The molecule has 17 heavy (non-hydrogen) atoms. The summed E-state index contributed by atoms with van der Waals surface area (Å²) >= 11 is 0. The molecule has 0 atom stereocenters. The summed E-state index contributed by atoms with van der Waals surface area (Å²) in [6.45, 7) is 8.18. The molecule has 0 amide bonds. The second-order valence-electron chi connectivity index (χ2n) is 3.62. The van der Waals surface area contributed by atoms with E-state index in [0.717, 1.165) is 26.0 Å². The van der Waals surface area contributed by atoms with Crippen molar-refractivity contribution in [2.24, 2.45) is 0 Å². The van der Waals surface area contributed by atoms with Gasteiger partial charge in [-0.15, -0.1) is 0 Å². The predicted molar refractivity (Wildman–Crippen MR) is 69.1 cm³/mol. The van der Waals surface area contributed by atoms with Gasteiger partial charge in [0.2, 0.25) is 0 Å². The fourth-order valence-corrected chi connectivity index (χ4v) is 1.25. The van der Waals surface area contributed by atoms with Crippen molar-refractivity contribution in [1.29, 1.82) is 0 Å². The molecule has 0 aromatic carbocycles. The topological polar surface area (TPSA) is 73.2 Å². The van der Waals surface area contributed by atoms with Gasteiger partial charge in [-0.05, 0) is 19.4 Å². The molecule has 0 spiro atoms. The molecule has 0 unspecified atom stereocenters. The van der Waals surface area contributed by atoms with Crippen LogP contribution >= 0.6 is 0 Å². The minimum Gasteiger partial charge on any atom is -0.395 e. The highest BCUT2D eigenvalue weighted by Gasteiger charge is 1.99. The van der Waals surface area contributed by atoms with E-state index in [-0.39, 0.29) is 19.8 Å². The third-order valence-electron chi connectivity index (χ3n) is 1.96. The molecule has 106 valence electrons. The lowest BCUT2D eigenvalue weighted by Crippen LogP contribution is -2.30. The molecule has 0 bridgehead atoms. The SMILES string of the molecule is CCCN(CCO)CCO.CCCOCCO. The summed E-state index contributed by atoms with van der Waals surface area (Å²) in [5, 5.41) is 25.3. The van der Waals surface area contributed by atoms with Crippen LogP contribution in [0.1, 0.15) is 26.7 Å². The number of nitrogens with zero attached hydrogens (tertiary/aromatic N) is 1. The zero-order valence-corrected chi connectivity index (χ0v) is 11.3. The summed E-state index contributed by atoms with van der Waals surface area (Å²) in [5.41, 5.74) is 0. The Morgan fingerprint density at radius 3 is 1.71 bits per heavy atom. The van der Waals surface area contributed by atoms with Crippen molar-refractivity contribution >= 4 is 0 Å². The van der Waals surface area contributed by atoms with Crippen LogP contribution in [0.15, 0.2) is 0 Å². The Kier molecular flexibility index (Phi) is 20.5. The zero-order chi connectivity index (χ0) is 13.4. The minimum absolute atomic E-state index is 0.139. The normalized spacial score (nSPS) is 10.2. The lowest BCUT2D eigenvalue weighted by Gasteiger charge is -2.18. The first-order valence-corrected chi connectivity index (χ1v) is 6.39. The van der Waals surface area contributed by atoms with E-state index in [4.69, 9.17) is 20.1 Å². The Morgan fingerprint density at radius 2 is 1.35 bits per heavy atom. The van der Waals surface area contributed by atoms with Gasteiger partial charge in [0.1, 0.15) is 0 Å². The highest BCUT2D eigenvalue weighted by molar-refractivity contribution is 4.53. The van der Waals surface area contributed by atoms with Crippen molar-refractivity contribution in [3.63, 3.8) is 0 Å². The van der Waals surface area contributed by atoms with Crippen LogP contribution in [-0.4, -0.2) is 72.9 Å². The molecule has 0 aromatic heterocycles. The van der Waals surface area contributed by atoms with Crippen LogP contribution in [0.3, 0.4) is 0 Å². The fraction of sp³-hybridized carbons (Fsp3) is 1.00. The number of aliphatic hydroxyl groups is 3. The van der Waals surface area contributed by atoms with Crippen LogP contribution in [0.4, 0.5) is 0 Å². The molecular formula is C12H29NO4. The molecule has 0 radical (unpaired) electrons. The van der Waals surface area contributed by atoms with E-state index in [1.807, 2.05) is 11.8 Å². The van der Waals surface area contributed by atoms with Gasteiger partial charge < -0.3 is 20.1 Å². The summed E-state index contributed by atoms with van der Waals surface area (Å²) in [7, 11) is 0. The summed E-state index contributed by atoms with van der Waals surface area (Å²) < 4.78 is 4.88. The monoisotopic (exact) mass is 251 g/mol. The highest BCUT2D eigenvalue weighted by Crippen LogP contribution is 1.88. The molecule has 0 fully saturated rings. The van der Waals surface area contributed by atoms with Crippen molar-refractivity contribution in [2.45, 2.75) is 26.7 Å². The van der Waals surface area contributed by atoms with E-state index >= 15 is 0 Å². The Hall–Kier alpha value is -0.200. The number of rotatable bonds is 10. The average molecular weight is 251 g/mol. The van der Waals surface area contributed by atoms with Crippen molar-refractivity contribution in [2.75, 3.05) is 52.7 Å². The van der Waals surface area contributed by atoms with Gasteiger partial charge in [-0.1, -0.05) is 13.8 Å². The number of hydrogen-bond donors (Lipinski definition) is 3. The van der Waals surface area contributed by atoms with Gasteiger partial charge in [-0.25, -0.2) is 0 Å². The van der Waals surface area contributed by atoms with Gasteiger partial charge in [0, 0.05) is 19.7 Å². The van der Waals surface area contributed by atoms with Crippen LogP contribution in [0.5, 0.6) is 0 Å². The Morgan fingerprint density at radius 1 is 0.765 bits per heavy atom. The van der Waals surface area contributed by atoms with Crippen molar-refractivity contribution in [3.8, 4) is 0 Å². The second-order valence-corrected chi connectivity index (χ2v) is 3.62. The molecule has 0 rings (SSSR count). The first kappa shape index (κ1) is 19.1. The second kappa shape index (κ2) is 18.2. The maximum absolute atomic E-state index is 8.57. The number of aliphatic hydroxyl groups excluding tert-OH is 3. The summed E-state index contributed by atoms with van der Waals surface area (Å²) in [5.74, 6) is 0. The van der Waals surface area contributed by atoms with Gasteiger partial charge in [-0.3, -0.25) is 4.90 Å². The first-order chi connectivity index (χ1) is 8.26. The molecular weight excluding hydrogens is 222 g/mol. The van der Waals surface area contributed by atoms with E-state index in [2.05, 4.69) is 6.92 Å². The maximum Gasteiger partial charge on any atom is 0.0697 e. The fourth-order valence-electron chi connectivity index (χ4n) is 1.25. The Labute approximate surface area is 105 Å². The molecule has 0 saturated carbocycles. The van der Waals surface area contributed by atoms with Crippen molar-refractivity contribution in [1.82, 2.24) is 4.90 Å². The highest BCUT2D eigenvalue weighted by atomic mass is 16.5. The first-order valence-electron chi connectivity index (χ1n) is 6.39. The van der Waals surface area contributed by atoms with Crippen molar-refractivity contribution in [3.05, 3.63) is 0 Å². The maximum atomic E-state index is 8.57. The molecule has 0 aromatic rings. The van der Waals surface area contributed by atoms with E-state index in [1.54, 1.807) is 0 Å². The minimum atomic E-state index is 0.139. The van der Waals surface area contributed by atoms with Crippen molar-refractivity contribution < 1.29 is 20.1 Å². The Balaban J connectivity index is 0. The summed E-state index contributed by atoms with van der Waals surface area (Å²) in [4.78, 5) is 2.04. The standard InChI is InChI=1S/C7H17NO2.C5H12O2/c1-2-3-8(4-6-9)5-7-10;1-2-4-7-5-3-6/h9-10H,2-7H2,1H3;6H,2-5H2,1H3. The molecule has 3 N–H and O–H groups in total. The third-order valence-corrected chi connectivity index (χ3v) is 1.96. The van der Waals surface area contributed by atoms with Gasteiger partial charge >= 0.3 is 0 Å². The Bertz CT molecular complexity index is 107. The molecule has 5 heteroatoms. The molecule has 5 nitrogen and oxygen atoms in total. The van der Waals surface area contributed by atoms with Gasteiger partial charge in [0.15, 0.2) is 0 Å².